The van der Waals surface area contributed by atoms with Gasteiger partial charge in [-0.3, -0.25) is 4.79 Å². The first kappa shape index (κ1) is 16.4. The molecular weight excluding hydrogens is 240 g/mol. The van der Waals surface area contributed by atoms with E-state index in [1.165, 1.54) is 0 Å². The number of hydrogen-bond donors (Lipinski definition) is 3. The fourth-order valence-corrected chi connectivity index (χ4v) is 3.03. The molecule has 1 aliphatic carbocycles. The molecular formula is C15H30N2O2. The van der Waals surface area contributed by atoms with E-state index in [4.69, 9.17) is 5.73 Å². The van der Waals surface area contributed by atoms with Crippen LogP contribution in [0.3, 0.4) is 0 Å². The lowest BCUT2D eigenvalue weighted by Crippen LogP contribution is -2.54. The van der Waals surface area contributed by atoms with E-state index in [1.54, 1.807) is 0 Å². The van der Waals surface area contributed by atoms with Gasteiger partial charge in [0.2, 0.25) is 5.91 Å². The van der Waals surface area contributed by atoms with Gasteiger partial charge in [0, 0.05) is 12.0 Å². The van der Waals surface area contributed by atoms with Gasteiger partial charge in [-0.05, 0) is 30.1 Å². The number of carbonyl (C=O) groups excluding carboxylic acids is 1. The van der Waals surface area contributed by atoms with Crippen molar-refractivity contribution < 1.29 is 9.90 Å². The molecule has 0 aromatic heterocycles. The van der Waals surface area contributed by atoms with Crippen molar-refractivity contribution in [3.8, 4) is 0 Å². The summed E-state index contributed by atoms with van der Waals surface area (Å²) in [7, 11) is 0. The Morgan fingerprint density at radius 2 is 2.00 bits per heavy atom. The highest BCUT2D eigenvalue weighted by Gasteiger charge is 2.45. The highest BCUT2D eigenvalue weighted by molar-refractivity contribution is 5.80. The second-order valence-electron chi connectivity index (χ2n) is 6.95. The molecule has 0 saturated heterocycles. The number of amides is 1. The summed E-state index contributed by atoms with van der Waals surface area (Å²) in [5.74, 6) is 0.607. The van der Waals surface area contributed by atoms with E-state index in [0.717, 1.165) is 12.8 Å². The molecule has 0 spiro atoms. The summed E-state index contributed by atoms with van der Waals surface area (Å²) >= 11 is 0. The number of nitrogens with two attached hydrogens (primary N) is 1. The van der Waals surface area contributed by atoms with Gasteiger partial charge in [-0.2, -0.15) is 0 Å². The minimum atomic E-state index is -0.158. The van der Waals surface area contributed by atoms with Crippen molar-refractivity contribution in [2.24, 2.45) is 28.9 Å². The summed E-state index contributed by atoms with van der Waals surface area (Å²) in [5.41, 5.74) is 6.02. The van der Waals surface area contributed by atoms with E-state index < -0.39 is 0 Å². The standard InChI is InChI=1S/C15H30N2O2/c1-9(2)13(8-18)17-14(19)11-6-7-12(16)10(3)15(11,4)5/h9-13,18H,6-8,16H2,1-5H3,(H,17,19)/t10?,11?,12?,13-/m1/s1. The molecule has 4 nitrogen and oxygen atoms in total. The van der Waals surface area contributed by atoms with Gasteiger partial charge in [-0.1, -0.05) is 34.6 Å². The van der Waals surface area contributed by atoms with Crippen molar-refractivity contribution in [2.45, 2.75) is 59.5 Å². The van der Waals surface area contributed by atoms with Crippen LogP contribution in [0.25, 0.3) is 0 Å². The molecule has 4 atom stereocenters. The molecule has 0 aromatic carbocycles. The van der Waals surface area contributed by atoms with Crippen LogP contribution in [0.15, 0.2) is 0 Å². The van der Waals surface area contributed by atoms with Gasteiger partial charge in [0.25, 0.3) is 0 Å². The van der Waals surface area contributed by atoms with E-state index in [2.05, 4.69) is 26.1 Å². The van der Waals surface area contributed by atoms with Crippen LogP contribution in [0.4, 0.5) is 0 Å². The third-order valence-electron chi connectivity index (χ3n) is 5.15. The van der Waals surface area contributed by atoms with Crippen LogP contribution in [-0.2, 0) is 4.79 Å². The van der Waals surface area contributed by atoms with E-state index in [-0.39, 0.29) is 41.8 Å². The quantitative estimate of drug-likeness (QED) is 0.725. The lowest BCUT2D eigenvalue weighted by molar-refractivity contribution is -0.133. The summed E-state index contributed by atoms with van der Waals surface area (Å²) in [6, 6.07) is 0.0204. The molecule has 0 heterocycles. The zero-order valence-corrected chi connectivity index (χ0v) is 12.9. The summed E-state index contributed by atoms with van der Waals surface area (Å²) in [5, 5.41) is 12.3. The molecule has 0 radical (unpaired) electrons. The van der Waals surface area contributed by atoms with Gasteiger partial charge in [0.15, 0.2) is 0 Å². The molecule has 1 aliphatic rings. The van der Waals surface area contributed by atoms with Crippen LogP contribution >= 0.6 is 0 Å². The molecule has 0 bridgehead atoms. The van der Waals surface area contributed by atoms with Crippen LogP contribution in [0.2, 0.25) is 0 Å². The maximum atomic E-state index is 12.5. The highest BCUT2D eigenvalue weighted by atomic mass is 16.3. The number of hydrogen-bond acceptors (Lipinski definition) is 3. The number of rotatable bonds is 4. The van der Waals surface area contributed by atoms with Crippen LogP contribution in [0, 0.1) is 23.2 Å². The Hall–Kier alpha value is -0.610. The first-order valence-electron chi connectivity index (χ1n) is 7.38. The molecule has 4 N–H and O–H groups in total. The number of nitrogens with one attached hydrogen (secondary N) is 1. The van der Waals surface area contributed by atoms with Crippen molar-refractivity contribution >= 4 is 5.91 Å². The van der Waals surface area contributed by atoms with E-state index >= 15 is 0 Å². The van der Waals surface area contributed by atoms with Crippen LogP contribution in [0.5, 0.6) is 0 Å². The Morgan fingerprint density at radius 3 is 2.47 bits per heavy atom. The zero-order valence-electron chi connectivity index (χ0n) is 12.9. The molecule has 1 amide bonds. The second kappa shape index (κ2) is 6.23. The predicted molar refractivity (Wildman–Crippen MR) is 77.5 cm³/mol. The largest absolute Gasteiger partial charge is 0.394 e. The smallest absolute Gasteiger partial charge is 0.223 e. The highest BCUT2D eigenvalue weighted by Crippen LogP contribution is 2.44. The lowest BCUT2D eigenvalue weighted by atomic mass is 9.61. The van der Waals surface area contributed by atoms with Crippen molar-refractivity contribution in [3.63, 3.8) is 0 Å². The molecule has 0 aliphatic heterocycles. The third-order valence-corrected chi connectivity index (χ3v) is 5.15. The van der Waals surface area contributed by atoms with E-state index in [0.29, 0.717) is 5.92 Å². The zero-order chi connectivity index (χ0) is 14.8. The molecule has 19 heavy (non-hydrogen) atoms. The van der Waals surface area contributed by atoms with Crippen LogP contribution in [0.1, 0.15) is 47.5 Å². The first-order valence-corrected chi connectivity index (χ1v) is 7.38. The van der Waals surface area contributed by atoms with Gasteiger partial charge in [0.05, 0.1) is 12.6 Å². The summed E-state index contributed by atoms with van der Waals surface area (Å²) in [6.45, 7) is 10.4. The summed E-state index contributed by atoms with van der Waals surface area (Å²) in [4.78, 5) is 12.5. The van der Waals surface area contributed by atoms with Crippen molar-refractivity contribution in [1.82, 2.24) is 5.32 Å². The molecule has 112 valence electrons. The Balaban J connectivity index is 2.76. The average Bonchev–Trinajstić information content (AvgIpc) is 2.32. The Bertz CT molecular complexity index is 315. The summed E-state index contributed by atoms with van der Waals surface area (Å²) in [6.07, 6.45) is 1.73. The molecule has 1 rings (SSSR count). The van der Waals surface area contributed by atoms with Crippen molar-refractivity contribution in [1.29, 1.82) is 0 Å². The minimum absolute atomic E-state index is 0.00831. The number of aliphatic hydroxyl groups is 1. The van der Waals surface area contributed by atoms with E-state index in [1.807, 2.05) is 13.8 Å². The fourth-order valence-electron chi connectivity index (χ4n) is 3.03. The molecule has 1 saturated carbocycles. The molecule has 1 fully saturated rings. The van der Waals surface area contributed by atoms with Crippen LogP contribution in [-0.4, -0.2) is 29.7 Å². The lowest BCUT2D eigenvalue weighted by Gasteiger charge is -2.46. The number of aliphatic hydroxyl groups excluding tert-OH is 1. The Labute approximate surface area is 117 Å². The van der Waals surface area contributed by atoms with Gasteiger partial charge in [0.1, 0.15) is 0 Å². The SMILES string of the molecule is CC(C)[C@@H](CO)NC(=O)C1CCC(N)C(C)C1(C)C. The third kappa shape index (κ3) is 3.48. The average molecular weight is 270 g/mol. The predicted octanol–water partition coefficient (Wildman–Crippen LogP) is 1.52. The van der Waals surface area contributed by atoms with Gasteiger partial charge in [-0.15, -0.1) is 0 Å². The Morgan fingerprint density at radius 1 is 1.42 bits per heavy atom. The Kier molecular flexibility index (Phi) is 5.39. The van der Waals surface area contributed by atoms with Gasteiger partial charge >= 0.3 is 0 Å². The summed E-state index contributed by atoms with van der Waals surface area (Å²) < 4.78 is 0. The topological polar surface area (TPSA) is 75.3 Å². The normalized spacial score (nSPS) is 32.1. The van der Waals surface area contributed by atoms with E-state index in [9.17, 15) is 9.90 Å². The van der Waals surface area contributed by atoms with Gasteiger partial charge in [-0.25, -0.2) is 0 Å². The first-order chi connectivity index (χ1) is 8.71. The maximum absolute atomic E-state index is 12.5. The monoisotopic (exact) mass is 270 g/mol. The van der Waals surface area contributed by atoms with Crippen molar-refractivity contribution in [3.05, 3.63) is 0 Å². The molecule has 4 heteroatoms. The van der Waals surface area contributed by atoms with Gasteiger partial charge < -0.3 is 16.2 Å². The fraction of sp³-hybridized carbons (Fsp3) is 0.933. The van der Waals surface area contributed by atoms with Crippen LogP contribution < -0.4 is 11.1 Å². The number of carbonyl (C=O) groups is 1. The maximum Gasteiger partial charge on any atom is 0.223 e. The molecule has 3 unspecified atom stereocenters. The minimum Gasteiger partial charge on any atom is -0.394 e. The second-order valence-corrected chi connectivity index (χ2v) is 6.95. The van der Waals surface area contributed by atoms with Crippen molar-refractivity contribution in [2.75, 3.05) is 6.61 Å². The molecule has 0 aromatic rings.